The SMILES string of the molecule is Cc1csc(C(=O)Nc2ccc(Cl)cc2Cl)c1. The summed E-state index contributed by atoms with van der Waals surface area (Å²) in [6.45, 7) is 1.95. The lowest BCUT2D eigenvalue weighted by Gasteiger charge is -2.05. The second-order valence-corrected chi connectivity index (χ2v) is 5.32. The van der Waals surface area contributed by atoms with Gasteiger partial charge in [-0.2, -0.15) is 0 Å². The van der Waals surface area contributed by atoms with Crippen LogP contribution in [0.4, 0.5) is 5.69 Å². The Morgan fingerprint density at radius 2 is 2.06 bits per heavy atom. The molecule has 0 fully saturated rings. The van der Waals surface area contributed by atoms with Crippen LogP contribution in [-0.2, 0) is 0 Å². The van der Waals surface area contributed by atoms with Crippen molar-refractivity contribution < 1.29 is 4.79 Å². The first-order valence-corrected chi connectivity index (χ1v) is 6.51. The summed E-state index contributed by atoms with van der Waals surface area (Å²) in [6, 6.07) is 6.80. The van der Waals surface area contributed by atoms with E-state index in [9.17, 15) is 4.79 Å². The molecule has 0 atom stereocenters. The minimum atomic E-state index is -0.160. The molecule has 1 aromatic carbocycles. The van der Waals surface area contributed by atoms with Crippen molar-refractivity contribution in [3.63, 3.8) is 0 Å². The lowest BCUT2D eigenvalue weighted by molar-refractivity contribution is 0.103. The monoisotopic (exact) mass is 285 g/mol. The molecular weight excluding hydrogens is 277 g/mol. The number of hydrogen-bond donors (Lipinski definition) is 1. The van der Waals surface area contributed by atoms with Gasteiger partial charge in [0.25, 0.3) is 5.91 Å². The number of aryl methyl sites for hydroxylation is 1. The molecule has 0 aliphatic carbocycles. The van der Waals surface area contributed by atoms with Gasteiger partial charge in [0.05, 0.1) is 15.6 Å². The zero-order valence-corrected chi connectivity index (χ0v) is 11.3. The number of amides is 1. The Morgan fingerprint density at radius 1 is 1.29 bits per heavy atom. The van der Waals surface area contributed by atoms with E-state index in [-0.39, 0.29) is 5.91 Å². The Hall–Kier alpha value is -1.03. The van der Waals surface area contributed by atoms with Crippen LogP contribution < -0.4 is 5.32 Å². The quantitative estimate of drug-likeness (QED) is 0.857. The summed E-state index contributed by atoms with van der Waals surface area (Å²) in [5.74, 6) is -0.160. The molecule has 1 heterocycles. The molecular formula is C12H9Cl2NOS. The Bertz CT molecular complexity index is 565. The van der Waals surface area contributed by atoms with Crippen molar-refractivity contribution >= 4 is 46.1 Å². The molecule has 1 N–H and O–H groups in total. The minimum absolute atomic E-state index is 0.160. The highest BCUT2D eigenvalue weighted by Crippen LogP contribution is 2.26. The van der Waals surface area contributed by atoms with Gasteiger partial charge in [0.1, 0.15) is 0 Å². The van der Waals surface area contributed by atoms with Crippen LogP contribution in [-0.4, -0.2) is 5.91 Å². The summed E-state index contributed by atoms with van der Waals surface area (Å²) >= 11 is 13.2. The van der Waals surface area contributed by atoms with E-state index in [0.717, 1.165) is 5.56 Å². The predicted molar refractivity (Wildman–Crippen MR) is 73.5 cm³/mol. The lowest BCUT2D eigenvalue weighted by Crippen LogP contribution is -2.10. The molecule has 88 valence electrons. The summed E-state index contributed by atoms with van der Waals surface area (Å²) in [5, 5.41) is 5.65. The van der Waals surface area contributed by atoms with Crippen molar-refractivity contribution in [3.8, 4) is 0 Å². The number of carbonyl (C=O) groups is 1. The maximum Gasteiger partial charge on any atom is 0.265 e. The summed E-state index contributed by atoms with van der Waals surface area (Å²) < 4.78 is 0. The molecule has 2 nitrogen and oxygen atoms in total. The number of halogens is 2. The van der Waals surface area contributed by atoms with Crippen molar-refractivity contribution in [1.82, 2.24) is 0 Å². The Kier molecular flexibility index (Phi) is 3.72. The van der Waals surface area contributed by atoms with Crippen LogP contribution in [0.25, 0.3) is 0 Å². The normalized spacial score (nSPS) is 10.3. The minimum Gasteiger partial charge on any atom is -0.320 e. The molecule has 0 radical (unpaired) electrons. The number of benzene rings is 1. The summed E-state index contributed by atoms with van der Waals surface area (Å²) in [5.41, 5.74) is 1.63. The van der Waals surface area contributed by atoms with Crippen LogP contribution in [0.5, 0.6) is 0 Å². The molecule has 0 aliphatic rings. The van der Waals surface area contributed by atoms with Crippen LogP contribution >= 0.6 is 34.5 Å². The molecule has 0 saturated heterocycles. The number of nitrogens with one attached hydrogen (secondary N) is 1. The van der Waals surface area contributed by atoms with Crippen LogP contribution in [0.15, 0.2) is 29.6 Å². The Labute approximate surface area is 113 Å². The second kappa shape index (κ2) is 5.08. The van der Waals surface area contributed by atoms with E-state index in [0.29, 0.717) is 20.6 Å². The van der Waals surface area contributed by atoms with Crippen molar-refractivity contribution in [1.29, 1.82) is 0 Å². The zero-order chi connectivity index (χ0) is 12.4. The maximum absolute atomic E-state index is 11.9. The Morgan fingerprint density at radius 3 is 2.65 bits per heavy atom. The first-order chi connectivity index (χ1) is 8.06. The van der Waals surface area contributed by atoms with E-state index in [1.54, 1.807) is 18.2 Å². The number of anilines is 1. The fraction of sp³-hybridized carbons (Fsp3) is 0.0833. The molecule has 1 aromatic heterocycles. The predicted octanol–water partition coefficient (Wildman–Crippen LogP) is 4.62. The molecule has 0 bridgehead atoms. The van der Waals surface area contributed by atoms with Gasteiger partial charge in [-0.1, -0.05) is 23.2 Å². The van der Waals surface area contributed by atoms with Gasteiger partial charge in [-0.15, -0.1) is 11.3 Å². The van der Waals surface area contributed by atoms with Crippen molar-refractivity contribution in [2.45, 2.75) is 6.92 Å². The third kappa shape index (κ3) is 3.00. The van der Waals surface area contributed by atoms with E-state index in [1.165, 1.54) is 11.3 Å². The van der Waals surface area contributed by atoms with Crippen molar-refractivity contribution in [2.24, 2.45) is 0 Å². The molecule has 2 rings (SSSR count). The molecule has 0 spiro atoms. The number of thiophene rings is 1. The van der Waals surface area contributed by atoms with Crippen molar-refractivity contribution in [2.75, 3.05) is 5.32 Å². The lowest BCUT2D eigenvalue weighted by atomic mass is 10.3. The largest absolute Gasteiger partial charge is 0.320 e. The van der Waals surface area contributed by atoms with Crippen LogP contribution in [0.2, 0.25) is 10.0 Å². The zero-order valence-electron chi connectivity index (χ0n) is 8.96. The van der Waals surface area contributed by atoms with Gasteiger partial charge in [-0.25, -0.2) is 0 Å². The van der Waals surface area contributed by atoms with Gasteiger partial charge in [-0.05, 0) is 42.1 Å². The standard InChI is InChI=1S/C12H9Cl2NOS/c1-7-4-11(17-6-7)12(16)15-10-3-2-8(13)5-9(10)14/h2-6H,1H3,(H,15,16). The fourth-order valence-corrected chi connectivity index (χ4v) is 2.57. The molecule has 2 aromatic rings. The first kappa shape index (κ1) is 12.4. The van der Waals surface area contributed by atoms with Gasteiger partial charge in [0, 0.05) is 5.02 Å². The molecule has 0 aliphatic heterocycles. The number of hydrogen-bond acceptors (Lipinski definition) is 2. The third-order valence-corrected chi connectivity index (χ3v) is 3.73. The van der Waals surface area contributed by atoms with Crippen LogP contribution in [0.1, 0.15) is 15.2 Å². The second-order valence-electron chi connectivity index (χ2n) is 3.57. The molecule has 5 heteroatoms. The first-order valence-electron chi connectivity index (χ1n) is 4.88. The summed E-state index contributed by atoms with van der Waals surface area (Å²) in [4.78, 5) is 12.5. The average Bonchev–Trinajstić information content (AvgIpc) is 2.69. The fourth-order valence-electron chi connectivity index (χ4n) is 1.33. The van der Waals surface area contributed by atoms with Crippen molar-refractivity contribution in [3.05, 3.63) is 50.1 Å². The molecule has 17 heavy (non-hydrogen) atoms. The molecule has 0 saturated carbocycles. The van der Waals surface area contributed by atoms with E-state index < -0.39 is 0 Å². The summed E-state index contributed by atoms with van der Waals surface area (Å²) in [6.07, 6.45) is 0. The molecule has 0 unspecified atom stereocenters. The Balaban J connectivity index is 2.18. The van der Waals surface area contributed by atoms with Gasteiger partial charge < -0.3 is 5.32 Å². The van der Waals surface area contributed by atoms with Gasteiger partial charge >= 0.3 is 0 Å². The highest BCUT2D eigenvalue weighted by molar-refractivity contribution is 7.12. The van der Waals surface area contributed by atoms with E-state index in [1.807, 2.05) is 18.4 Å². The topological polar surface area (TPSA) is 29.1 Å². The molecule has 1 amide bonds. The van der Waals surface area contributed by atoms with E-state index >= 15 is 0 Å². The van der Waals surface area contributed by atoms with Gasteiger partial charge in [0.2, 0.25) is 0 Å². The number of rotatable bonds is 2. The van der Waals surface area contributed by atoms with E-state index in [2.05, 4.69) is 5.32 Å². The average molecular weight is 286 g/mol. The van der Waals surface area contributed by atoms with Gasteiger partial charge in [0.15, 0.2) is 0 Å². The third-order valence-electron chi connectivity index (χ3n) is 2.13. The summed E-state index contributed by atoms with van der Waals surface area (Å²) in [7, 11) is 0. The highest BCUT2D eigenvalue weighted by atomic mass is 35.5. The van der Waals surface area contributed by atoms with E-state index in [4.69, 9.17) is 23.2 Å². The van der Waals surface area contributed by atoms with Crippen LogP contribution in [0, 0.1) is 6.92 Å². The maximum atomic E-state index is 11.9. The smallest absolute Gasteiger partial charge is 0.265 e. The highest BCUT2D eigenvalue weighted by Gasteiger charge is 2.10. The van der Waals surface area contributed by atoms with Crippen LogP contribution in [0.3, 0.4) is 0 Å². The van der Waals surface area contributed by atoms with Gasteiger partial charge in [-0.3, -0.25) is 4.79 Å². The number of carbonyl (C=O) groups excluding carboxylic acids is 1.